The first-order valence-electron chi connectivity index (χ1n) is 5.98. The first-order valence-corrected chi connectivity index (χ1v) is 5.98. The summed E-state index contributed by atoms with van der Waals surface area (Å²) in [4.78, 5) is 0. The highest BCUT2D eigenvalue weighted by molar-refractivity contribution is 4.81. The van der Waals surface area contributed by atoms with Crippen LogP contribution >= 0.6 is 0 Å². The van der Waals surface area contributed by atoms with Crippen LogP contribution in [0.3, 0.4) is 0 Å². The molecular weight excluding hydrogens is 186 g/mol. The summed E-state index contributed by atoms with van der Waals surface area (Å²) in [6, 6.07) is 2.52. The molecular formula is C12H23N3. The number of hydrogen-bond donors (Lipinski definition) is 1. The van der Waals surface area contributed by atoms with Crippen LogP contribution in [0.1, 0.15) is 33.6 Å². The van der Waals surface area contributed by atoms with Crippen LogP contribution < -0.4 is 5.32 Å². The molecule has 2 atom stereocenters. The highest BCUT2D eigenvalue weighted by Crippen LogP contribution is 2.09. The molecule has 0 aliphatic heterocycles. The van der Waals surface area contributed by atoms with E-state index in [1.54, 1.807) is 0 Å². The zero-order valence-electron chi connectivity index (χ0n) is 10.1. The van der Waals surface area contributed by atoms with Gasteiger partial charge in [-0.15, -0.1) is 0 Å². The molecule has 0 aromatic carbocycles. The molecule has 2 unspecified atom stereocenters. The van der Waals surface area contributed by atoms with Crippen molar-refractivity contribution in [2.45, 2.75) is 46.2 Å². The summed E-state index contributed by atoms with van der Waals surface area (Å²) < 4.78 is 2.01. The first-order chi connectivity index (χ1) is 7.27. The van der Waals surface area contributed by atoms with E-state index in [1.165, 1.54) is 12.8 Å². The van der Waals surface area contributed by atoms with E-state index in [1.807, 2.05) is 23.1 Å². The average Bonchev–Trinajstić information content (AvgIpc) is 2.75. The largest absolute Gasteiger partial charge is 0.312 e. The lowest BCUT2D eigenvalue weighted by atomic mass is 9.99. The number of nitrogens with one attached hydrogen (secondary N) is 1. The molecule has 86 valence electrons. The van der Waals surface area contributed by atoms with Crippen molar-refractivity contribution in [1.82, 2.24) is 15.1 Å². The molecule has 3 nitrogen and oxygen atoms in total. The molecule has 1 aromatic heterocycles. The van der Waals surface area contributed by atoms with E-state index in [2.05, 4.69) is 31.2 Å². The Morgan fingerprint density at radius 2 is 2.20 bits per heavy atom. The summed E-state index contributed by atoms with van der Waals surface area (Å²) in [5.74, 6) is 0.695. The Morgan fingerprint density at radius 1 is 1.40 bits per heavy atom. The SMILES string of the molecule is CCCNC(Cn1cccn1)C(C)CC. The quantitative estimate of drug-likeness (QED) is 0.746. The Kier molecular flexibility index (Phi) is 5.40. The lowest BCUT2D eigenvalue weighted by Gasteiger charge is -2.24. The lowest BCUT2D eigenvalue weighted by molar-refractivity contribution is 0.319. The van der Waals surface area contributed by atoms with E-state index < -0.39 is 0 Å². The zero-order chi connectivity index (χ0) is 11.1. The van der Waals surface area contributed by atoms with E-state index >= 15 is 0 Å². The van der Waals surface area contributed by atoms with Gasteiger partial charge in [0.25, 0.3) is 0 Å². The molecule has 1 rings (SSSR count). The molecule has 1 N–H and O–H groups in total. The minimum atomic E-state index is 0.537. The summed E-state index contributed by atoms with van der Waals surface area (Å²) in [5, 5.41) is 7.86. The van der Waals surface area contributed by atoms with Crippen LogP contribution in [-0.2, 0) is 6.54 Å². The number of nitrogens with zero attached hydrogens (tertiary/aromatic N) is 2. The molecule has 0 saturated heterocycles. The van der Waals surface area contributed by atoms with Crippen molar-refractivity contribution in [2.75, 3.05) is 6.54 Å². The number of aromatic nitrogens is 2. The second-order valence-electron chi connectivity index (χ2n) is 4.17. The van der Waals surface area contributed by atoms with E-state index in [4.69, 9.17) is 0 Å². The summed E-state index contributed by atoms with van der Waals surface area (Å²) in [7, 11) is 0. The molecule has 1 aromatic rings. The second-order valence-corrected chi connectivity index (χ2v) is 4.17. The van der Waals surface area contributed by atoms with Crippen molar-refractivity contribution < 1.29 is 0 Å². The maximum Gasteiger partial charge on any atom is 0.0565 e. The van der Waals surface area contributed by atoms with E-state index in [9.17, 15) is 0 Å². The summed E-state index contributed by atoms with van der Waals surface area (Å²) in [6.07, 6.45) is 6.27. The molecule has 0 bridgehead atoms. The van der Waals surface area contributed by atoms with Crippen LogP contribution in [0.2, 0.25) is 0 Å². The van der Waals surface area contributed by atoms with E-state index in [0.29, 0.717) is 12.0 Å². The number of rotatable bonds is 7. The van der Waals surface area contributed by atoms with Gasteiger partial charge in [-0.2, -0.15) is 5.10 Å². The van der Waals surface area contributed by atoms with Gasteiger partial charge in [0, 0.05) is 18.4 Å². The molecule has 0 fully saturated rings. The Balaban J connectivity index is 2.48. The standard InChI is InChI=1S/C12H23N3/c1-4-7-13-12(11(3)5-2)10-15-9-6-8-14-15/h6,8-9,11-13H,4-5,7,10H2,1-3H3. The van der Waals surface area contributed by atoms with Gasteiger partial charge in [-0.1, -0.05) is 27.2 Å². The Labute approximate surface area is 92.9 Å². The minimum absolute atomic E-state index is 0.537. The molecule has 0 aliphatic carbocycles. The molecule has 0 spiro atoms. The van der Waals surface area contributed by atoms with Gasteiger partial charge in [-0.25, -0.2) is 0 Å². The normalized spacial score (nSPS) is 15.1. The second kappa shape index (κ2) is 6.62. The smallest absolute Gasteiger partial charge is 0.0565 e. The topological polar surface area (TPSA) is 29.9 Å². The fourth-order valence-electron chi connectivity index (χ4n) is 1.67. The maximum absolute atomic E-state index is 4.26. The lowest BCUT2D eigenvalue weighted by Crippen LogP contribution is -2.39. The Morgan fingerprint density at radius 3 is 2.73 bits per heavy atom. The number of hydrogen-bond acceptors (Lipinski definition) is 2. The third-order valence-electron chi connectivity index (χ3n) is 2.93. The summed E-state index contributed by atoms with van der Waals surface area (Å²) in [6.45, 7) is 8.82. The molecule has 0 radical (unpaired) electrons. The molecule has 0 saturated carbocycles. The molecule has 15 heavy (non-hydrogen) atoms. The summed E-state index contributed by atoms with van der Waals surface area (Å²) in [5.41, 5.74) is 0. The van der Waals surface area contributed by atoms with Crippen LogP contribution in [-0.4, -0.2) is 22.4 Å². The van der Waals surface area contributed by atoms with Crippen LogP contribution in [0.5, 0.6) is 0 Å². The van der Waals surface area contributed by atoms with Gasteiger partial charge < -0.3 is 5.32 Å². The predicted octanol–water partition coefficient (Wildman–Crippen LogP) is 2.30. The van der Waals surface area contributed by atoms with Gasteiger partial charge in [0.05, 0.1) is 6.54 Å². The highest BCUT2D eigenvalue weighted by atomic mass is 15.3. The van der Waals surface area contributed by atoms with E-state index in [0.717, 1.165) is 13.1 Å². The summed E-state index contributed by atoms with van der Waals surface area (Å²) >= 11 is 0. The van der Waals surface area contributed by atoms with Crippen LogP contribution in [0, 0.1) is 5.92 Å². The van der Waals surface area contributed by atoms with Crippen molar-refractivity contribution in [3.05, 3.63) is 18.5 Å². The maximum atomic E-state index is 4.26. The van der Waals surface area contributed by atoms with Crippen molar-refractivity contribution in [3.63, 3.8) is 0 Å². The van der Waals surface area contributed by atoms with Crippen LogP contribution in [0.25, 0.3) is 0 Å². The monoisotopic (exact) mass is 209 g/mol. The van der Waals surface area contributed by atoms with E-state index in [-0.39, 0.29) is 0 Å². The third kappa shape index (κ3) is 4.04. The predicted molar refractivity (Wildman–Crippen MR) is 63.8 cm³/mol. The van der Waals surface area contributed by atoms with Crippen molar-refractivity contribution >= 4 is 0 Å². The van der Waals surface area contributed by atoms with Crippen molar-refractivity contribution in [1.29, 1.82) is 0 Å². The van der Waals surface area contributed by atoms with Gasteiger partial charge in [-0.05, 0) is 24.9 Å². The van der Waals surface area contributed by atoms with Crippen LogP contribution in [0.15, 0.2) is 18.5 Å². The van der Waals surface area contributed by atoms with Gasteiger partial charge >= 0.3 is 0 Å². The van der Waals surface area contributed by atoms with Crippen LogP contribution in [0.4, 0.5) is 0 Å². The van der Waals surface area contributed by atoms with Crippen molar-refractivity contribution in [2.24, 2.45) is 5.92 Å². The van der Waals surface area contributed by atoms with Gasteiger partial charge in [0.2, 0.25) is 0 Å². The van der Waals surface area contributed by atoms with Gasteiger partial charge in [0.15, 0.2) is 0 Å². The zero-order valence-corrected chi connectivity index (χ0v) is 10.1. The average molecular weight is 209 g/mol. The molecule has 0 aliphatic rings. The molecule has 3 heteroatoms. The first kappa shape index (κ1) is 12.2. The fraction of sp³-hybridized carbons (Fsp3) is 0.750. The van der Waals surface area contributed by atoms with Crippen molar-refractivity contribution in [3.8, 4) is 0 Å². The Bertz CT molecular complexity index is 243. The Hall–Kier alpha value is -0.830. The molecule has 0 amide bonds. The highest BCUT2D eigenvalue weighted by Gasteiger charge is 2.15. The van der Waals surface area contributed by atoms with Gasteiger partial charge in [-0.3, -0.25) is 4.68 Å². The fourth-order valence-corrected chi connectivity index (χ4v) is 1.67. The molecule has 1 heterocycles. The third-order valence-corrected chi connectivity index (χ3v) is 2.93. The minimum Gasteiger partial charge on any atom is -0.312 e. The van der Waals surface area contributed by atoms with Gasteiger partial charge in [0.1, 0.15) is 0 Å².